The molecule has 4 atom stereocenters. The summed E-state index contributed by atoms with van der Waals surface area (Å²) in [4.78, 5) is 37.8. The molecule has 2 saturated carbocycles. The largest absolute Gasteiger partial charge is 0.274 e. The second-order valence-corrected chi connectivity index (χ2v) is 7.46. The highest BCUT2D eigenvalue weighted by Gasteiger charge is 2.73. The Balaban J connectivity index is 1.59. The minimum atomic E-state index is -0.501. The van der Waals surface area contributed by atoms with Gasteiger partial charge >= 0.3 is 0 Å². The van der Waals surface area contributed by atoms with Crippen molar-refractivity contribution in [1.29, 1.82) is 0 Å². The van der Waals surface area contributed by atoms with Gasteiger partial charge in [-0.25, -0.2) is 4.90 Å². The summed E-state index contributed by atoms with van der Waals surface area (Å²) in [6.07, 6.45) is 6.43. The number of nitrogens with zero attached hydrogens (tertiary/aromatic N) is 2. The number of allylic oxidation sites excluding steroid dienone is 2. The average molecular weight is 324 g/mol. The number of imide groups is 1. The van der Waals surface area contributed by atoms with Crippen LogP contribution in [-0.4, -0.2) is 16.7 Å². The molecule has 1 aliphatic heterocycles. The molecule has 1 heterocycles. The van der Waals surface area contributed by atoms with Crippen LogP contribution in [0.2, 0.25) is 0 Å². The van der Waals surface area contributed by atoms with Gasteiger partial charge in [0, 0.05) is 12.1 Å². The zero-order valence-corrected chi connectivity index (χ0v) is 13.1. The smallest absolute Gasteiger partial charge is 0.271 e. The number of rotatable bonds is 2. The van der Waals surface area contributed by atoms with Crippen molar-refractivity contribution < 1.29 is 14.5 Å². The van der Waals surface area contributed by atoms with Crippen LogP contribution in [0.25, 0.3) is 0 Å². The van der Waals surface area contributed by atoms with Crippen LogP contribution in [0.5, 0.6) is 0 Å². The third-order valence-corrected chi connectivity index (χ3v) is 6.50. The van der Waals surface area contributed by atoms with E-state index >= 15 is 0 Å². The minimum absolute atomic E-state index is 0.104. The molecule has 3 aliphatic carbocycles. The fourth-order valence-electron chi connectivity index (χ4n) is 5.27. The number of non-ortho nitro benzene ring substituents is 1. The standard InChI is InChI=1S/C18H16N2O4/c1-9-2-3-10(20(23)24)8-13(9)19-16(21)14-11-4-5-12(15(14)17(19)22)18(11)6-7-18/h2-5,8,11-12,14-15H,6-7H2,1H3/t11-,12+,14-,15+. The summed E-state index contributed by atoms with van der Waals surface area (Å²) in [5.41, 5.74) is 1.11. The normalized spacial score (nSPS) is 34.3. The Bertz CT molecular complexity index is 821. The molecule has 0 N–H and O–H groups in total. The number of amides is 2. The van der Waals surface area contributed by atoms with Gasteiger partial charge in [0.25, 0.3) is 5.69 Å². The van der Waals surface area contributed by atoms with Crippen LogP contribution >= 0.6 is 0 Å². The molecule has 3 fully saturated rings. The van der Waals surface area contributed by atoms with Crippen LogP contribution in [0.15, 0.2) is 30.4 Å². The molecule has 2 amide bonds. The zero-order valence-electron chi connectivity index (χ0n) is 13.1. The number of fused-ring (bicyclic) bond motifs is 3. The van der Waals surface area contributed by atoms with E-state index in [-0.39, 0.29) is 46.6 Å². The Morgan fingerprint density at radius 1 is 1.12 bits per heavy atom. The molecule has 0 radical (unpaired) electrons. The molecule has 1 spiro atoms. The average Bonchev–Trinajstić information content (AvgIpc) is 3.14. The van der Waals surface area contributed by atoms with Gasteiger partial charge in [0.2, 0.25) is 11.8 Å². The molecule has 4 aliphatic rings. The second kappa shape index (κ2) is 4.12. The van der Waals surface area contributed by atoms with Crippen molar-refractivity contribution in [2.24, 2.45) is 29.1 Å². The van der Waals surface area contributed by atoms with Crippen molar-refractivity contribution in [3.05, 3.63) is 46.0 Å². The highest BCUT2D eigenvalue weighted by Crippen LogP contribution is 2.73. The van der Waals surface area contributed by atoms with Gasteiger partial charge in [-0.05, 0) is 42.6 Å². The number of carbonyl (C=O) groups excluding carboxylic acids is 2. The molecule has 5 rings (SSSR count). The first-order valence-electron chi connectivity index (χ1n) is 8.27. The molecule has 6 heteroatoms. The van der Waals surface area contributed by atoms with Crippen LogP contribution < -0.4 is 4.90 Å². The number of benzene rings is 1. The zero-order chi connectivity index (χ0) is 16.8. The molecular formula is C18H16N2O4. The molecule has 2 bridgehead atoms. The number of carbonyl (C=O) groups is 2. The molecule has 122 valence electrons. The van der Waals surface area contributed by atoms with E-state index in [0.717, 1.165) is 12.8 Å². The molecule has 6 nitrogen and oxygen atoms in total. The van der Waals surface area contributed by atoms with E-state index in [2.05, 4.69) is 12.2 Å². The van der Waals surface area contributed by atoms with E-state index in [4.69, 9.17) is 0 Å². The van der Waals surface area contributed by atoms with E-state index in [9.17, 15) is 19.7 Å². The molecule has 0 unspecified atom stereocenters. The van der Waals surface area contributed by atoms with E-state index in [1.807, 2.05) is 0 Å². The fourth-order valence-corrected chi connectivity index (χ4v) is 5.27. The van der Waals surface area contributed by atoms with E-state index in [0.29, 0.717) is 11.3 Å². The summed E-state index contributed by atoms with van der Waals surface area (Å²) in [5, 5.41) is 11.1. The number of nitro groups is 1. The van der Waals surface area contributed by atoms with E-state index in [1.165, 1.54) is 17.0 Å². The second-order valence-electron chi connectivity index (χ2n) is 7.46. The SMILES string of the molecule is Cc1ccc([N+](=O)[O-])cc1N1C(=O)[C@@H]2[C@H](C1=O)[C@H]1C=C[C@@H]2C12CC2. The lowest BCUT2D eigenvalue weighted by Crippen LogP contribution is -2.35. The van der Waals surface area contributed by atoms with Crippen LogP contribution in [0, 0.1) is 46.1 Å². The van der Waals surface area contributed by atoms with Crippen molar-refractivity contribution >= 4 is 23.2 Å². The summed E-state index contributed by atoms with van der Waals surface area (Å²) in [6, 6.07) is 4.33. The molecule has 1 saturated heterocycles. The van der Waals surface area contributed by atoms with Crippen molar-refractivity contribution in [3.63, 3.8) is 0 Å². The maximum absolute atomic E-state index is 13.0. The maximum atomic E-state index is 13.0. The monoisotopic (exact) mass is 324 g/mol. The maximum Gasteiger partial charge on any atom is 0.271 e. The fraction of sp³-hybridized carbons (Fsp3) is 0.444. The molecule has 24 heavy (non-hydrogen) atoms. The van der Waals surface area contributed by atoms with Crippen molar-refractivity contribution in [2.45, 2.75) is 19.8 Å². The Morgan fingerprint density at radius 2 is 1.71 bits per heavy atom. The van der Waals surface area contributed by atoms with Crippen LogP contribution in [0.1, 0.15) is 18.4 Å². The van der Waals surface area contributed by atoms with Gasteiger partial charge in [-0.15, -0.1) is 0 Å². The van der Waals surface area contributed by atoms with E-state index in [1.54, 1.807) is 13.0 Å². The number of aryl methyl sites for hydroxylation is 1. The van der Waals surface area contributed by atoms with Gasteiger partial charge in [0.15, 0.2) is 0 Å². The summed E-state index contributed by atoms with van der Waals surface area (Å²) in [6.45, 7) is 1.77. The number of anilines is 1. The van der Waals surface area contributed by atoms with Gasteiger partial charge in [-0.3, -0.25) is 19.7 Å². The van der Waals surface area contributed by atoms with Crippen molar-refractivity contribution in [2.75, 3.05) is 4.90 Å². The highest BCUT2D eigenvalue weighted by molar-refractivity contribution is 6.23. The first kappa shape index (κ1) is 13.9. The summed E-state index contributed by atoms with van der Waals surface area (Å²) >= 11 is 0. The third kappa shape index (κ3) is 1.42. The predicted octanol–water partition coefficient (Wildman–Crippen LogP) is 2.60. The first-order valence-corrected chi connectivity index (χ1v) is 8.27. The number of hydrogen-bond acceptors (Lipinski definition) is 4. The minimum Gasteiger partial charge on any atom is -0.274 e. The van der Waals surface area contributed by atoms with Gasteiger partial charge in [0.1, 0.15) is 0 Å². The number of nitro benzene ring substituents is 1. The van der Waals surface area contributed by atoms with Crippen molar-refractivity contribution in [1.82, 2.24) is 0 Å². The molecule has 0 aromatic heterocycles. The lowest BCUT2D eigenvalue weighted by molar-refractivity contribution is -0.384. The topological polar surface area (TPSA) is 80.5 Å². The van der Waals surface area contributed by atoms with Gasteiger partial charge in [-0.1, -0.05) is 18.2 Å². The summed E-state index contributed by atoms with van der Waals surface area (Å²) in [5.74, 6) is -0.614. The molecule has 1 aromatic carbocycles. The predicted molar refractivity (Wildman–Crippen MR) is 85.1 cm³/mol. The third-order valence-electron chi connectivity index (χ3n) is 6.50. The van der Waals surface area contributed by atoms with Crippen LogP contribution in [0.3, 0.4) is 0 Å². The molecule has 1 aromatic rings. The van der Waals surface area contributed by atoms with Crippen LogP contribution in [0.4, 0.5) is 11.4 Å². The lowest BCUT2D eigenvalue weighted by atomic mass is 9.85. The number of hydrogen-bond donors (Lipinski definition) is 0. The summed E-state index contributed by atoms with van der Waals surface area (Å²) < 4.78 is 0. The van der Waals surface area contributed by atoms with Crippen molar-refractivity contribution in [3.8, 4) is 0 Å². The van der Waals surface area contributed by atoms with Gasteiger partial charge in [-0.2, -0.15) is 0 Å². The van der Waals surface area contributed by atoms with E-state index < -0.39 is 4.92 Å². The first-order chi connectivity index (χ1) is 11.5. The van der Waals surface area contributed by atoms with Gasteiger partial charge in [0.05, 0.1) is 22.4 Å². The Morgan fingerprint density at radius 3 is 2.21 bits per heavy atom. The van der Waals surface area contributed by atoms with Crippen LogP contribution in [-0.2, 0) is 9.59 Å². The Labute approximate surface area is 138 Å². The lowest BCUT2D eigenvalue weighted by Gasteiger charge is -2.22. The Hall–Kier alpha value is -2.50. The molecular weight excluding hydrogens is 308 g/mol. The van der Waals surface area contributed by atoms with Gasteiger partial charge < -0.3 is 0 Å². The Kier molecular flexibility index (Phi) is 2.39. The quantitative estimate of drug-likeness (QED) is 0.362. The highest BCUT2D eigenvalue weighted by atomic mass is 16.6. The summed E-state index contributed by atoms with van der Waals surface area (Å²) in [7, 11) is 0.